The number of carboxylic acid groups (broad SMARTS) is 1. The number of hydrogen-bond acceptors (Lipinski definition) is 3. The van der Waals surface area contributed by atoms with Crippen molar-refractivity contribution in [2.24, 2.45) is 0 Å². The molecule has 1 heterocycles. The Morgan fingerprint density at radius 3 is 2.68 bits per heavy atom. The molecule has 1 saturated carbocycles. The van der Waals surface area contributed by atoms with Crippen molar-refractivity contribution in [3.05, 3.63) is 24.0 Å². The highest BCUT2D eigenvalue weighted by atomic mass is 16.4. The summed E-state index contributed by atoms with van der Waals surface area (Å²) >= 11 is 0. The molecule has 4 heteroatoms. The standard InChI is InChI=1S/C15H22N2O2/c1-12-10-13(6-9-16-12)17(2)15(11-14(18)19)7-4-3-5-8-15/h6,9-10H,3-5,7-8,11H2,1-2H3,(H,18,19). The molecule has 2 rings (SSSR count). The number of aromatic nitrogens is 1. The summed E-state index contributed by atoms with van der Waals surface area (Å²) in [4.78, 5) is 17.6. The fraction of sp³-hybridized carbons (Fsp3) is 0.600. The third-order valence-electron chi connectivity index (χ3n) is 4.24. The summed E-state index contributed by atoms with van der Waals surface area (Å²) in [5, 5.41) is 9.24. The fourth-order valence-corrected chi connectivity index (χ4v) is 3.14. The second-order valence-corrected chi connectivity index (χ2v) is 5.57. The number of pyridine rings is 1. The van der Waals surface area contributed by atoms with Crippen molar-refractivity contribution in [1.29, 1.82) is 0 Å². The van der Waals surface area contributed by atoms with Gasteiger partial charge in [-0.15, -0.1) is 0 Å². The Morgan fingerprint density at radius 1 is 1.42 bits per heavy atom. The molecule has 0 aliphatic heterocycles. The van der Waals surface area contributed by atoms with Gasteiger partial charge in [-0.1, -0.05) is 19.3 Å². The van der Waals surface area contributed by atoms with Crippen LogP contribution in [0.1, 0.15) is 44.2 Å². The lowest BCUT2D eigenvalue weighted by Crippen LogP contribution is -2.49. The average Bonchev–Trinajstić information content (AvgIpc) is 2.38. The molecule has 0 atom stereocenters. The number of nitrogens with zero attached hydrogens (tertiary/aromatic N) is 2. The SMILES string of the molecule is Cc1cc(N(C)C2(CC(=O)O)CCCCC2)ccn1. The Bertz CT molecular complexity index is 453. The molecule has 4 nitrogen and oxygen atoms in total. The first-order valence-electron chi connectivity index (χ1n) is 6.92. The van der Waals surface area contributed by atoms with Gasteiger partial charge < -0.3 is 10.0 Å². The van der Waals surface area contributed by atoms with E-state index in [2.05, 4.69) is 9.88 Å². The summed E-state index contributed by atoms with van der Waals surface area (Å²) in [6.45, 7) is 1.96. The van der Waals surface area contributed by atoms with Gasteiger partial charge in [0.1, 0.15) is 0 Å². The van der Waals surface area contributed by atoms with Crippen molar-refractivity contribution in [3.8, 4) is 0 Å². The lowest BCUT2D eigenvalue weighted by Gasteiger charge is -2.45. The Labute approximate surface area is 114 Å². The highest BCUT2D eigenvalue weighted by Crippen LogP contribution is 2.38. The molecular formula is C15H22N2O2. The Balaban J connectivity index is 2.29. The largest absolute Gasteiger partial charge is 0.481 e. The van der Waals surface area contributed by atoms with Crippen molar-refractivity contribution in [3.63, 3.8) is 0 Å². The number of aryl methyl sites for hydroxylation is 1. The summed E-state index contributed by atoms with van der Waals surface area (Å²) in [5.41, 5.74) is 1.79. The first-order chi connectivity index (χ1) is 9.03. The molecule has 0 saturated heterocycles. The van der Waals surface area contributed by atoms with Crippen LogP contribution in [-0.4, -0.2) is 28.6 Å². The van der Waals surface area contributed by atoms with Crippen molar-refractivity contribution in [1.82, 2.24) is 4.98 Å². The molecule has 1 aliphatic carbocycles. The lowest BCUT2D eigenvalue weighted by atomic mass is 9.78. The molecule has 0 bridgehead atoms. The van der Waals surface area contributed by atoms with Crippen LogP contribution < -0.4 is 4.90 Å². The van der Waals surface area contributed by atoms with Gasteiger partial charge in [0.05, 0.1) is 12.0 Å². The van der Waals surface area contributed by atoms with E-state index in [-0.39, 0.29) is 12.0 Å². The molecule has 1 aromatic heterocycles. The quantitative estimate of drug-likeness (QED) is 0.906. The van der Waals surface area contributed by atoms with Crippen LogP contribution in [0, 0.1) is 6.92 Å². The third-order valence-corrected chi connectivity index (χ3v) is 4.24. The summed E-state index contributed by atoms with van der Waals surface area (Å²) in [6.07, 6.45) is 7.35. The normalized spacial score (nSPS) is 18.0. The minimum Gasteiger partial charge on any atom is -0.481 e. The number of hydrogen-bond donors (Lipinski definition) is 1. The van der Waals surface area contributed by atoms with Gasteiger partial charge in [0.2, 0.25) is 0 Å². The molecule has 1 aromatic rings. The Kier molecular flexibility index (Phi) is 4.08. The maximum Gasteiger partial charge on any atom is 0.305 e. The molecule has 0 radical (unpaired) electrons. The second-order valence-electron chi connectivity index (χ2n) is 5.57. The molecule has 1 fully saturated rings. The van der Waals surface area contributed by atoms with Crippen molar-refractivity contribution < 1.29 is 9.90 Å². The van der Waals surface area contributed by atoms with E-state index < -0.39 is 5.97 Å². The number of aliphatic carboxylic acids is 1. The van der Waals surface area contributed by atoms with Crippen molar-refractivity contribution in [2.75, 3.05) is 11.9 Å². The predicted octanol–water partition coefficient (Wildman–Crippen LogP) is 3.00. The van der Waals surface area contributed by atoms with E-state index in [1.807, 2.05) is 26.1 Å². The second kappa shape index (κ2) is 5.59. The van der Waals surface area contributed by atoms with E-state index in [9.17, 15) is 9.90 Å². The number of carbonyl (C=O) groups is 1. The van der Waals surface area contributed by atoms with Gasteiger partial charge in [-0.2, -0.15) is 0 Å². The lowest BCUT2D eigenvalue weighted by molar-refractivity contribution is -0.138. The topological polar surface area (TPSA) is 53.4 Å². The van der Waals surface area contributed by atoms with Crippen LogP contribution in [-0.2, 0) is 4.79 Å². The molecule has 1 N–H and O–H groups in total. The van der Waals surface area contributed by atoms with E-state index in [4.69, 9.17) is 0 Å². The number of anilines is 1. The molecule has 1 aliphatic rings. The van der Waals surface area contributed by atoms with Crippen LogP contribution in [0.2, 0.25) is 0 Å². The first kappa shape index (κ1) is 13.8. The zero-order chi connectivity index (χ0) is 13.9. The predicted molar refractivity (Wildman–Crippen MR) is 75.4 cm³/mol. The third kappa shape index (κ3) is 3.06. The maximum absolute atomic E-state index is 11.2. The van der Waals surface area contributed by atoms with Crippen LogP contribution in [0.25, 0.3) is 0 Å². The van der Waals surface area contributed by atoms with Crippen LogP contribution >= 0.6 is 0 Å². The zero-order valence-corrected chi connectivity index (χ0v) is 11.7. The molecule has 0 spiro atoms. The van der Waals surface area contributed by atoms with Crippen molar-refractivity contribution >= 4 is 11.7 Å². The molecule has 19 heavy (non-hydrogen) atoms. The van der Waals surface area contributed by atoms with E-state index in [0.29, 0.717) is 0 Å². The molecule has 0 amide bonds. The number of rotatable bonds is 4. The van der Waals surface area contributed by atoms with Crippen LogP contribution in [0.4, 0.5) is 5.69 Å². The van der Waals surface area contributed by atoms with Gasteiger partial charge in [-0.3, -0.25) is 9.78 Å². The van der Waals surface area contributed by atoms with Gasteiger partial charge in [-0.05, 0) is 31.9 Å². The summed E-state index contributed by atoms with van der Waals surface area (Å²) < 4.78 is 0. The summed E-state index contributed by atoms with van der Waals surface area (Å²) in [5.74, 6) is -0.709. The van der Waals surface area contributed by atoms with E-state index in [1.165, 1.54) is 6.42 Å². The van der Waals surface area contributed by atoms with Crippen LogP contribution in [0.3, 0.4) is 0 Å². The number of carboxylic acids is 1. The monoisotopic (exact) mass is 262 g/mol. The van der Waals surface area contributed by atoms with E-state index >= 15 is 0 Å². The highest BCUT2D eigenvalue weighted by molar-refractivity contribution is 5.70. The minimum absolute atomic E-state index is 0.213. The molecule has 104 valence electrons. The van der Waals surface area contributed by atoms with E-state index in [1.54, 1.807) is 6.20 Å². The Morgan fingerprint density at radius 2 is 2.11 bits per heavy atom. The molecular weight excluding hydrogens is 240 g/mol. The van der Waals surface area contributed by atoms with E-state index in [0.717, 1.165) is 37.1 Å². The molecule has 0 aromatic carbocycles. The van der Waals surface area contributed by atoms with Crippen LogP contribution in [0.15, 0.2) is 18.3 Å². The van der Waals surface area contributed by atoms with Crippen molar-refractivity contribution in [2.45, 2.75) is 51.0 Å². The molecule has 0 unspecified atom stereocenters. The summed E-state index contributed by atoms with van der Waals surface area (Å²) in [7, 11) is 2.02. The first-order valence-corrected chi connectivity index (χ1v) is 6.92. The summed E-state index contributed by atoms with van der Waals surface area (Å²) in [6, 6.07) is 3.99. The van der Waals surface area contributed by atoms with Crippen LogP contribution in [0.5, 0.6) is 0 Å². The van der Waals surface area contributed by atoms with Gasteiger partial charge in [0.25, 0.3) is 0 Å². The van der Waals surface area contributed by atoms with Gasteiger partial charge >= 0.3 is 5.97 Å². The van der Waals surface area contributed by atoms with Gasteiger partial charge in [0.15, 0.2) is 0 Å². The Hall–Kier alpha value is -1.58. The average molecular weight is 262 g/mol. The van der Waals surface area contributed by atoms with Gasteiger partial charge in [-0.25, -0.2) is 0 Å². The maximum atomic E-state index is 11.2. The highest BCUT2D eigenvalue weighted by Gasteiger charge is 2.38. The fourth-order valence-electron chi connectivity index (χ4n) is 3.14. The smallest absolute Gasteiger partial charge is 0.305 e. The minimum atomic E-state index is -0.709. The zero-order valence-electron chi connectivity index (χ0n) is 11.7. The van der Waals surface area contributed by atoms with Gasteiger partial charge in [0, 0.05) is 24.6 Å².